The van der Waals surface area contributed by atoms with Crippen molar-refractivity contribution in [2.75, 3.05) is 12.3 Å². The van der Waals surface area contributed by atoms with Gasteiger partial charge in [0.15, 0.2) is 0 Å². The van der Waals surface area contributed by atoms with E-state index in [1.807, 2.05) is 30.3 Å². The maximum Gasteiger partial charge on any atom is 0.232 e. The second-order valence-electron chi connectivity index (χ2n) is 5.59. The van der Waals surface area contributed by atoms with Gasteiger partial charge in [-0.2, -0.15) is 0 Å². The smallest absolute Gasteiger partial charge is 0.232 e. The van der Waals surface area contributed by atoms with Crippen LogP contribution in [-0.2, 0) is 20.4 Å². The number of fused-ring (bicyclic) bond motifs is 1. The summed E-state index contributed by atoms with van der Waals surface area (Å²) in [7, 11) is 1.69. The van der Waals surface area contributed by atoms with E-state index in [1.54, 1.807) is 11.1 Å². The molecule has 1 saturated heterocycles. The molecule has 0 N–H and O–H groups in total. The van der Waals surface area contributed by atoms with Gasteiger partial charge < -0.3 is 4.90 Å². The molecule has 1 aromatic carbocycles. The fourth-order valence-electron chi connectivity index (χ4n) is 2.82. The molecular formula is C15H15ClN2O3S. The zero-order valence-corrected chi connectivity index (χ0v) is 13.3. The van der Waals surface area contributed by atoms with Crippen molar-refractivity contribution in [2.24, 2.45) is 5.92 Å². The first-order valence-corrected chi connectivity index (χ1v) is 9.42. The van der Waals surface area contributed by atoms with Crippen molar-refractivity contribution in [1.29, 1.82) is 0 Å². The first kappa shape index (κ1) is 15.2. The summed E-state index contributed by atoms with van der Waals surface area (Å²) in [6, 6.07) is 9.77. The summed E-state index contributed by atoms with van der Waals surface area (Å²) in [5, 5.41) is 1.02. The molecule has 0 radical (unpaired) electrons. The molecule has 3 rings (SSSR count). The standard InChI is InChI=1S/C15H15ClN2O3S/c16-22(20,21)10-12-6-15(19)18(9-12)8-11-5-13-3-1-2-4-14(13)17-7-11/h1-5,7,12H,6,8-10H2. The predicted molar refractivity (Wildman–Crippen MR) is 84.9 cm³/mol. The highest BCUT2D eigenvalue weighted by Gasteiger charge is 2.32. The van der Waals surface area contributed by atoms with Crippen LogP contribution in [0.3, 0.4) is 0 Å². The zero-order valence-electron chi connectivity index (χ0n) is 11.8. The fraction of sp³-hybridized carbons (Fsp3) is 0.333. The van der Waals surface area contributed by atoms with Gasteiger partial charge in [-0.15, -0.1) is 0 Å². The van der Waals surface area contributed by atoms with Gasteiger partial charge in [0.2, 0.25) is 15.0 Å². The highest BCUT2D eigenvalue weighted by Crippen LogP contribution is 2.23. The van der Waals surface area contributed by atoms with E-state index in [-0.39, 0.29) is 24.0 Å². The molecule has 5 nitrogen and oxygen atoms in total. The molecule has 7 heteroatoms. The van der Waals surface area contributed by atoms with Crippen molar-refractivity contribution in [3.8, 4) is 0 Å². The molecule has 1 aliphatic rings. The van der Waals surface area contributed by atoms with Crippen LogP contribution in [0.4, 0.5) is 0 Å². The minimum absolute atomic E-state index is 0.0431. The molecule has 1 aromatic heterocycles. The zero-order chi connectivity index (χ0) is 15.7. The van der Waals surface area contributed by atoms with Crippen molar-refractivity contribution >= 4 is 36.5 Å². The van der Waals surface area contributed by atoms with Gasteiger partial charge in [0, 0.05) is 47.7 Å². The first-order valence-electron chi connectivity index (χ1n) is 6.94. The third-order valence-electron chi connectivity index (χ3n) is 3.75. The van der Waals surface area contributed by atoms with Gasteiger partial charge in [0.25, 0.3) is 0 Å². The summed E-state index contributed by atoms with van der Waals surface area (Å²) in [5.41, 5.74) is 1.84. The average molecular weight is 339 g/mol. The van der Waals surface area contributed by atoms with E-state index in [4.69, 9.17) is 10.7 Å². The number of carbonyl (C=O) groups is 1. The molecule has 1 atom stereocenters. The molecule has 1 amide bonds. The number of carbonyl (C=O) groups excluding carboxylic acids is 1. The summed E-state index contributed by atoms with van der Waals surface area (Å²) in [6.07, 6.45) is 1.98. The van der Waals surface area contributed by atoms with E-state index in [2.05, 4.69) is 4.98 Å². The number of halogens is 1. The maximum absolute atomic E-state index is 12.0. The first-order chi connectivity index (χ1) is 10.4. The Bertz CT molecular complexity index is 822. The van der Waals surface area contributed by atoms with Gasteiger partial charge in [0.1, 0.15) is 0 Å². The minimum atomic E-state index is -3.58. The van der Waals surface area contributed by atoms with E-state index < -0.39 is 9.05 Å². The van der Waals surface area contributed by atoms with Crippen molar-refractivity contribution in [2.45, 2.75) is 13.0 Å². The Hall–Kier alpha value is -1.66. The quantitative estimate of drug-likeness (QED) is 0.801. The molecule has 2 heterocycles. The third kappa shape index (κ3) is 3.56. The van der Waals surface area contributed by atoms with Crippen molar-refractivity contribution in [3.05, 3.63) is 42.1 Å². The predicted octanol–water partition coefficient (Wildman–Crippen LogP) is 2.15. The Labute approximate surface area is 133 Å². The normalized spacial score (nSPS) is 19.0. The van der Waals surface area contributed by atoms with E-state index in [0.29, 0.717) is 13.1 Å². The lowest BCUT2D eigenvalue weighted by Crippen LogP contribution is -2.25. The van der Waals surface area contributed by atoms with E-state index in [1.165, 1.54) is 0 Å². The molecule has 1 fully saturated rings. The Morgan fingerprint density at radius 2 is 2.09 bits per heavy atom. The molecule has 0 saturated carbocycles. The van der Waals surface area contributed by atoms with Crippen molar-refractivity contribution in [1.82, 2.24) is 9.88 Å². The van der Waals surface area contributed by atoms with Gasteiger partial charge in [-0.05, 0) is 17.7 Å². The Balaban J connectivity index is 1.73. The molecule has 0 spiro atoms. The lowest BCUT2D eigenvalue weighted by molar-refractivity contribution is -0.128. The molecule has 1 aliphatic heterocycles. The van der Waals surface area contributed by atoms with E-state index in [0.717, 1.165) is 16.5 Å². The van der Waals surface area contributed by atoms with E-state index >= 15 is 0 Å². The van der Waals surface area contributed by atoms with Crippen LogP contribution in [-0.4, -0.2) is 36.5 Å². The molecule has 2 aromatic rings. The number of pyridine rings is 1. The summed E-state index contributed by atoms with van der Waals surface area (Å²) < 4.78 is 22.3. The summed E-state index contributed by atoms with van der Waals surface area (Å²) in [5.74, 6) is -0.436. The van der Waals surface area contributed by atoms with Crippen LogP contribution in [0.2, 0.25) is 0 Å². The van der Waals surface area contributed by atoms with Gasteiger partial charge in [-0.3, -0.25) is 9.78 Å². The number of hydrogen-bond donors (Lipinski definition) is 0. The van der Waals surface area contributed by atoms with Crippen LogP contribution in [0, 0.1) is 5.92 Å². The number of para-hydroxylation sites is 1. The van der Waals surface area contributed by atoms with Crippen LogP contribution in [0.25, 0.3) is 10.9 Å². The third-order valence-corrected chi connectivity index (χ3v) is 5.00. The van der Waals surface area contributed by atoms with Crippen molar-refractivity contribution in [3.63, 3.8) is 0 Å². The number of nitrogens with zero attached hydrogens (tertiary/aromatic N) is 2. The fourth-order valence-corrected chi connectivity index (χ4v) is 4.14. The summed E-state index contributed by atoms with van der Waals surface area (Å²) >= 11 is 0. The molecule has 116 valence electrons. The van der Waals surface area contributed by atoms with Gasteiger partial charge in [-0.1, -0.05) is 18.2 Å². The molecule has 0 bridgehead atoms. The van der Waals surface area contributed by atoms with Crippen molar-refractivity contribution < 1.29 is 13.2 Å². The van der Waals surface area contributed by atoms with Crippen LogP contribution in [0.1, 0.15) is 12.0 Å². The van der Waals surface area contributed by atoms with Crippen LogP contribution in [0.5, 0.6) is 0 Å². The van der Waals surface area contributed by atoms with Gasteiger partial charge in [-0.25, -0.2) is 8.42 Å². The SMILES string of the molecule is O=C1CC(CS(=O)(=O)Cl)CN1Cc1cnc2ccccc2c1. The Morgan fingerprint density at radius 3 is 2.86 bits per heavy atom. The molecule has 22 heavy (non-hydrogen) atoms. The maximum atomic E-state index is 12.0. The molecular weight excluding hydrogens is 324 g/mol. The van der Waals surface area contributed by atoms with Crippen LogP contribution >= 0.6 is 10.7 Å². The van der Waals surface area contributed by atoms with Crippen LogP contribution in [0.15, 0.2) is 36.5 Å². The topological polar surface area (TPSA) is 67.3 Å². The second-order valence-corrected chi connectivity index (χ2v) is 8.41. The highest BCUT2D eigenvalue weighted by atomic mass is 35.7. The Morgan fingerprint density at radius 1 is 1.32 bits per heavy atom. The average Bonchev–Trinajstić information content (AvgIpc) is 2.76. The molecule has 1 unspecified atom stereocenters. The summed E-state index contributed by atoms with van der Waals surface area (Å²) in [6.45, 7) is 0.854. The molecule has 0 aliphatic carbocycles. The van der Waals surface area contributed by atoms with E-state index in [9.17, 15) is 13.2 Å². The number of hydrogen-bond acceptors (Lipinski definition) is 4. The number of amides is 1. The number of aromatic nitrogens is 1. The largest absolute Gasteiger partial charge is 0.338 e. The van der Waals surface area contributed by atoms with Gasteiger partial charge >= 0.3 is 0 Å². The number of rotatable bonds is 4. The number of likely N-dealkylation sites (tertiary alicyclic amines) is 1. The minimum Gasteiger partial charge on any atom is -0.338 e. The van der Waals surface area contributed by atoms with Gasteiger partial charge in [0.05, 0.1) is 11.3 Å². The second kappa shape index (κ2) is 5.85. The monoisotopic (exact) mass is 338 g/mol. The summed E-state index contributed by atoms with van der Waals surface area (Å²) in [4.78, 5) is 18.0. The van der Waals surface area contributed by atoms with Crippen LogP contribution < -0.4 is 0 Å². The Kier molecular flexibility index (Phi) is 4.06. The highest BCUT2D eigenvalue weighted by molar-refractivity contribution is 8.13. The number of benzene rings is 1. The lowest BCUT2D eigenvalue weighted by Gasteiger charge is -2.16. The lowest BCUT2D eigenvalue weighted by atomic mass is 10.1.